The van der Waals surface area contributed by atoms with Crippen molar-refractivity contribution in [1.29, 1.82) is 5.26 Å². The smallest absolute Gasteiger partial charge is 0.316 e. The lowest BCUT2D eigenvalue weighted by Crippen LogP contribution is -2.54. The predicted octanol–water partition coefficient (Wildman–Crippen LogP) is 2.68. The first-order chi connectivity index (χ1) is 18.0. The number of carbonyl (C=O) groups is 4. The van der Waals surface area contributed by atoms with Crippen molar-refractivity contribution in [3.05, 3.63) is 59.9 Å². The van der Waals surface area contributed by atoms with E-state index in [0.29, 0.717) is 11.4 Å². The number of hydrogen-bond donors (Lipinski definition) is 1. The molecule has 4 rings (SSSR count). The number of anilines is 2. The molecule has 1 saturated heterocycles. The molecule has 2 heterocycles. The van der Waals surface area contributed by atoms with Crippen molar-refractivity contribution in [2.45, 2.75) is 44.2 Å². The molecular weight excluding hydrogens is 489 g/mol. The van der Waals surface area contributed by atoms with Gasteiger partial charge in [-0.3, -0.25) is 19.2 Å². The van der Waals surface area contributed by atoms with Gasteiger partial charge in [0.1, 0.15) is 17.9 Å². The molecule has 0 aromatic heterocycles. The molecule has 0 unspecified atom stereocenters. The zero-order valence-corrected chi connectivity index (χ0v) is 21.8. The van der Waals surface area contributed by atoms with E-state index in [1.54, 1.807) is 12.1 Å². The van der Waals surface area contributed by atoms with Crippen LogP contribution in [0.15, 0.2) is 48.5 Å². The minimum Gasteiger partial charge on any atom is -0.325 e. The molecule has 2 aliphatic heterocycles. The van der Waals surface area contributed by atoms with Crippen LogP contribution >= 0.6 is 0 Å². The Morgan fingerprint density at radius 2 is 1.79 bits per heavy atom. The molecule has 9 nitrogen and oxygen atoms in total. The van der Waals surface area contributed by atoms with Crippen molar-refractivity contribution in [3.63, 3.8) is 0 Å². The van der Waals surface area contributed by atoms with Crippen LogP contribution in [-0.4, -0.2) is 66.2 Å². The van der Waals surface area contributed by atoms with Crippen LogP contribution in [0, 0.1) is 23.1 Å². The Hall–Kier alpha value is -4.26. The topological polar surface area (TPSA) is 114 Å². The van der Waals surface area contributed by atoms with Gasteiger partial charge in [-0.2, -0.15) is 5.26 Å². The van der Waals surface area contributed by atoms with Gasteiger partial charge in [0.25, 0.3) is 0 Å². The average Bonchev–Trinajstić information content (AvgIpc) is 3.43. The van der Waals surface area contributed by atoms with Crippen LogP contribution < -0.4 is 10.2 Å². The Morgan fingerprint density at radius 3 is 2.42 bits per heavy atom. The third-order valence-electron chi connectivity index (χ3n) is 7.38. The largest absolute Gasteiger partial charge is 0.325 e. The van der Waals surface area contributed by atoms with Crippen molar-refractivity contribution < 1.29 is 23.6 Å². The number of benzene rings is 2. The molecule has 1 fully saturated rings. The van der Waals surface area contributed by atoms with Gasteiger partial charge in [0.05, 0.1) is 11.5 Å². The predicted molar refractivity (Wildman–Crippen MR) is 138 cm³/mol. The summed E-state index contributed by atoms with van der Waals surface area (Å²) in [7, 11) is 2.78. The van der Waals surface area contributed by atoms with Gasteiger partial charge in [0.15, 0.2) is 0 Å². The first-order valence-corrected chi connectivity index (χ1v) is 12.4. The van der Waals surface area contributed by atoms with E-state index in [0.717, 1.165) is 15.4 Å². The number of carbonyl (C=O) groups excluding carboxylic acids is 4. The fourth-order valence-electron chi connectivity index (χ4n) is 5.27. The van der Waals surface area contributed by atoms with Gasteiger partial charge in [0.2, 0.25) is 11.8 Å². The summed E-state index contributed by atoms with van der Waals surface area (Å²) in [4.78, 5) is 56.9. The third-order valence-corrected chi connectivity index (χ3v) is 7.38. The lowest BCUT2D eigenvalue weighted by molar-refractivity contribution is -0.150. The number of nitriles is 1. The van der Waals surface area contributed by atoms with Crippen molar-refractivity contribution in [2.24, 2.45) is 5.92 Å². The number of amides is 4. The maximum absolute atomic E-state index is 13.9. The number of hydrogen-bond acceptors (Lipinski definition) is 5. The lowest BCUT2D eigenvalue weighted by Gasteiger charge is -2.33. The van der Waals surface area contributed by atoms with Gasteiger partial charge in [-0.25, -0.2) is 4.39 Å². The first kappa shape index (κ1) is 26.8. The molecule has 198 valence electrons. The normalized spacial score (nSPS) is 20.6. The zero-order chi connectivity index (χ0) is 27.8. The van der Waals surface area contributed by atoms with Crippen molar-refractivity contribution in [3.8, 4) is 6.07 Å². The van der Waals surface area contributed by atoms with Gasteiger partial charge in [0, 0.05) is 38.4 Å². The Kier molecular flexibility index (Phi) is 7.22. The maximum Gasteiger partial charge on any atom is 0.316 e. The maximum atomic E-state index is 13.9. The molecule has 1 N–H and O–H groups in total. The van der Waals surface area contributed by atoms with Crippen LogP contribution in [0.2, 0.25) is 0 Å². The summed E-state index contributed by atoms with van der Waals surface area (Å²) in [6.45, 7) is 3.77. The van der Waals surface area contributed by atoms with Crippen molar-refractivity contribution in [2.75, 3.05) is 30.9 Å². The number of nitrogens with one attached hydrogen (secondary N) is 1. The van der Waals surface area contributed by atoms with E-state index in [-0.39, 0.29) is 31.2 Å². The van der Waals surface area contributed by atoms with E-state index in [1.165, 1.54) is 43.3 Å². The Labute approximate surface area is 220 Å². The minimum atomic E-state index is -1.06. The van der Waals surface area contributed by atoms with Crippen molar-refractivity contribution >= 4 is 35.0 Å². The van der Waals surface area contributed by atoms with Crippen LogP contribution in [0.25, 0.3) is 0 Å². The highest BCUT2D eigenvalue weighted by Gasteiger charge is 2.56. The molecule has 0 radical (unpaired) electrons. The molecule has 2 aromatic carbocycles. The molecule has 1 spiro atoms. The van der Waals surface area contributed by atoms with Crippen LogP contribution in [0.5, 0.6) is 0 Å². The van der Waals surface area contributed by atoms with Crippen molar-refractivity contribution in [1.82, 2.24) is 9.80 Å². The van der Waals surface area contributed by atoms with Crippen LogP contribution in [0.4, 0.5) is 15.8 Å². The number of rotatable bonds is 5. The summed E-state index contributed by atoms with van der Waals surface area (Å²) in [5.74, 6) is -3.06. The number of para-hydroxylation sites is 1. The second-order valence-electron chi connectivity index (χ2n) is 10.3. The number of halogens is 1. The number of likely N-dealkylation sites (N-methyl/N-ethyl adjacent to an activating group) is 2. The fraction of sp³-hybridized carbons (Fsp3) is 0.393. The molecule has 3 atom stereocenters. The van der Waals surface area contributed by atoms with E-state index in [4.69, 9.17) is 0 Å². The average molecular weight is 520 g/mol. The second kappa shape index (κ2) is 10.2. The molecule has 2 aromatic rings. The quantitative estimate of drug-likeness (QED) is 0.611. The standard InChI is InChI=1S/C28H30FN5O4/c1-17(2)13-23(33(4)26(37)25(36)32(3)19-11-9-18(29)10-12-19)24(35)34-16-28(14-20(34)15-30)21-7-5-6-8-22(21)31-27(28)38/h5-12,17,20,23H,13-14,16H2,1-4H3,(H,31,38)/t20-,23-,28-/m0/s1. The van der Waals surface area contributed by atoms with Crippen LogP contribution in [-0.2, 0) is 24.6 Å². The van der Waals surface area contributed by atoms with Gasteiger partial charge in [-0.05, 0) is 48.2 Å². The molecule has 38 heavy (non-hydrogen) atoms. The minimum absolute atomic E-state index is 0.00698. The highest BCUT2D eigenvalue weighted by atomic mass is 19.1. The molecule has 0 saturated carbocycles. The van der Waals surface area contributed by atoms with E-state index in [2.05, 4.69) is 11.4 Å². The molecule has 0 bridgehead atoms. The number of fused-ring (bicyclic) bond motifs is 2. The second-order valence-corrected chi connectivity index (χ2v) is 10.3. The summed E-state index contributed by atoms with van der Waals surface area (Å²) in [5, 5.41) is 12.8. The third kappa shape index (κ3) is 4.60. The Balaban J connectivity index is 1.60. The molecule has 2 aliphatic rings. The van der Waals surface area contributed by atoms with Gasteiger partial charge in [-0.1, -0.05) is 32.0 Å². The van der Waals surface area contributed by atoms with E-state index < -0.39 is 41.0 Å². The summed E-state index contributed by atoms with van der Waals surface area (Å²) >= 11 is 0. The van der Waals surface area contributed by atoms with Gasteiger partial charge >= 0.3 is 11.8 Å². The summed E-state index contributed by atoms with van der Waals surface area (Å²) in [6.07, 6.45) is 0.384. The fourth-order valence-corrected chi connectivity index (χ4v) is 5.27. The molecule has 4 amide bonds. The molecular formula is C28H30FN5O4. The Bertz CT molecular complexity index is 1320. The number of nitrogens with zero attached hydrogens (tertiary/aromatic N) is 4. The highest BCUT2D eigenvalue weighted by molar-refractivity contribution is 6.40. The van der Waals surface area contributed by atoms with Crippen LogP contribution in [0.1, 0.15) is 32.3 Å². The SMILES string of the molecule is CC(C)C[C@@H](C(=O)N1C[C@]2(C[C@H]1C#N)C(=O)Nc1ccccc12)N(C)C(=O)C(=O)N(C)c1ccc(F)cc1. The van der Waals surface area contributed by atoms with E-state index >= 15 is 0 Å². The monoisotopic (exact) mass is 519 g/mol. The van der Waals surface area contributed by atoms with E-state index in [1.807, 2.05) is 26.0 Å². The first-order valence-electron chi connectivity index (χ1n) is 12.4. The Morgan fingerprint density at radius 1 is 1.13 bits per heavy atom. The highest BCUT2D eigenvalue weighted by Crippen LogP contribution is 2.46. The summed E-state index contributed by atoms with van der Waals surface area (Å²) in [5.41, 5.74) is 0.656. The van der Waals surface area contributed by atoms with E-state index in [9.17, 15) is 28.8 Å². The lowest BCUT2D eigenvalue weighted by atomic mass is 9.80. The zero-order valence-electron chi connectivity index (χ0n) is 21.8. The van der Waals surface area contributed by atoms with Gasteiger partial charge in [-0.15, -0.1) is 0 Å². The van der Waals surface area contributed by atoms with Crippen LogP contribution in [0.3, 0.4) is 0 Å². The molecule has 0 aliphatic carbocycles. The number of likely N-dealkylation sites (tertiary alicyclic amines) is 1. The molecule has 10 heteroatoms. The summed E-state index contributed by atoms with van der Waals surface area (Å²) < 4.78 is 13.3. The van der Waals surface area contributed by atoms with Gasteiger partial charge < -0.3 is 20.0 Å². The summed E-state index contributed by atoms with van der Waals surface area (Å²) in [6, 6.07) is 12.6.